The number of nitrogens with zero attached hydrogens (tertiary/aromatic N) is 2. The molecule has 1 aliphatic carbocycles. The number of esters is 1. The van der Waals surface area contributed by atoms with E-state index in [0.29, 0.717) is 37.5 Å². The van der Waals surface area contributed by atoms with Crippen LogP contribution in [0.15, 0.2) is 24.3 Å². The highest BCUT2D eigenvalue weighted by molar-refractivity contribution is 5.95. The minimum Gasteiger partial charge on any atom is -0.427 e. The summed E-state index contributed by atoms with van der Waals surface area (Å²) in [6.45, 7) is 3.58. The topological polar surface area (TPSA) is 66.9 Å². The van der Waals surface area contributed by atoms with Crippen LogP contribution in [0.4, 0.5) is 0 Å². The van der Waals surface area contributed by atoms with Crippen molar-refractivity contribution < 1.29 is 19.1 Å². The Morgan fingerprint density at radius 2 is 1.62 bits per heavy atom. The van der Waals surface area contributed by atoms with E-state index < -0.39 is 5.97 Å². The third-order valence-corrected chi connectivity index (χ3v) is 5.18. The van der Waals surface area contributed by atoms with Gasteiger partial charge >= 0.3 is 5.97 Å². The van der Waals surface area contributed by atoms with Crippen LogP contribution in [0.3, 0.4) is 0 Å². The van der Waals surface area contributed by atoms with E-state index in [1.165, 1.54) is 13.3 Å². The second-order valence-corrected chi connectivity index (χ2v) is 7.07. The van der Waals surface area contributed by atoms with Crippen molar-refractivity contribution in [3.8, 4) is 5.75 Å². The van der Waals surface area contributed by atoms with Crippen LogP contribution in [0.5, 0.6) is 5.75 Å². The van der Waals surface area contributed by atoms with Gasteiger partial charge in [-0.2, -0.15) is 0 Å². The molecule has 1 heterocycles. The average Bonchev–Trinajstić information content (AvgIpc) is 2.67. The highest BCUT2D eigenvalue weighted by Crippen LogP contribution is 2.26. The van der Waals surface area contributed by atoms with Crippen molar-refractivity contribution in [2.24, 2.45) is 5.92 Å². The summed E-state index contributed by atoms with van der Waals surface area (Å²) in [6, 6.07) is 6.66. The first kappa shape index (κ1) is 18.4. The van der Waals surface area contributed by atoms with E-state index in [1.807, 2.05) is 4.90 Å². The molecule has 140 valence electrons. The van der Waals surface area contributed by atoms with Crippen molar-refractivity contribution in [1.29, 1.82) is 0 Å². The zero-order chi connectivity index (χ0) is 18.5. The molecule has 1 aromatic rings. The SMILES string of the molecule is CC(=O)Oc1cccc(C(=O)N2CCN(C(=O)C3CCCCC3)CC2)c1. The number of rotatable bonds is 3. The Bertz CT molecular complexity index is 674. The lowest BCUT2D eigenvalue weighted by molar-refractivity contribution is -0.138. The molecule has 1 saturated carbocycles. The Balaban J connectivity index is 1.56. The summed E-state index contributed by atoms with van der Waals surface area (Å²) in [5.74, 6) is 0.294. The van der Waals surface area contributed by atoms with Gasteiger partial charge in [0.05, 0.1) is 0 Å². The van der Waals surface area contributed by atoms with Gasteiger partial charge in [0.15, 0.2) is 0 Å². The van der Waals surface area contributed by atoms with Crippen LogP contribution in [0.2, 0.25) is 0 Å². The summed E-state index contributed by atoms with van der Waals surface area (Å²) in [5.41, 5.74) is 0.496. The highest BCUT2D eigenvalue weighted by atomic mass is 16.5. The lowest BCUT2D eigenvalue weighted by Crippen LogP contribution is -2.52. The quantitative estimate of drug-likeness (QED) is 0.615. The number of piperazine rings is 1. The monoisotopic (exact) mass is 358 g/mol. The predicted molar refractivity (Wildman–Crippen MR) is 96.8 cm³/mol. The minimum atomic E-state index is -0.413. The standard InChI is InChI=1S/C20H26N2O4/c1-15(23)26-18-9-5-8-17(14-18)20(25)22-12-10-21(11-13-22)19(24)16-6-3-2-4-7-16/h5,8-9,14,16H,2-4,6-7,10-13H2,1H3. The Morgan fingerprint density at radius 1 is 0.962 bits per heavy atom. The normalized spacial score (nSPS) is 18.5. The Morgan fingerprint density at radius 3 is 2.27 bits per heavy atom. The molecule has 0 N–H and O–H groups in total. The maximum absolute atomic E-state index is 12.7. The van der Waals surface area contributed by atoms with Gasteiger partial charge in [-0.25, -0.2) is 0 Å². The van der Waals surface area contributed by atoms with Crippen LogP contribution in [0, 0.1) is 5.92 Å². The zero-order valence-electron chi connectivity index (χ0n) is 15.3. The molecule has 0 unspecified atom stereocenters. The molecule has 0 spiro atoms. The van der Waals surface area contributed by atoms with Gasteiger partial charge in [0.25, 0.3) is 5.91 Å². The summed E-state index contributed by atoms with van der Waals surface area (Å²) in [7, 11) is 0. The molecular weight excluding hydrogens is 332 g/mol. The van der Waals surface area contributed by atoms with Crippen LogP contribution >= 0.6 is 0 Å². The number of hydrogen-bond acceptors (Lipinski definition) is 4. The number of carbonyl (C=O) groups excluding carboxylic acids is 3. The van der Waals surface area contributed by atoms with E-state index in [1.54, 1.807) is 29.2 Å². The number of ether oxygens (including phenoxy) is 1. The van der Waals surface area contributed by atoms with Gasteiger partial charge in [0.2, 0.25) is 5.91 Å². The summed E-state index contributed by atoms with van der Waals surface area (Å²) in [6.07, 6.45) is 5.53. The van der Waals surface area contributed by atoms with Crippen LogP contribution < -0.4 is 4.74 Å². The molecule has 2 amide bonds. The molecule has 0 aromatic heterocycles. The molecule has 6 nitrogen and oxygen atoms in total. The van der Waals surface area contributed by atoms with E-state index in [4.69, 9.17) is 4.74 Å². The van der Waals surface area contributed by atoms with Crippen LogP contribution in [0.1, 0.15) is 49.4 Å². The van der Waals surface area contributed by atoms with E-state index >= 15 is 0 Å². The molecule has 0 radical (unpaired) electrons. The third-order valence-electron chi connectivity index (χ3n) is 5.18. The summed E-state index contributed by atoms with van der Waals surface area (Å²) in [4.78, 5) is 40.1. The van der Waals surface area contributed by atoms with Crippen LogP contribution in [-0.4, -0.2) is 53.8 Å². The number of benzene rings is 1. The summed E-state index contributed by atoms with van der Waals surface area (Å²) in [5, 5.41) is 0. The molecule has 0 bridgehead atoms. The second kappa shape index (κ2) is 8.34. The van der Waals surface area contributed by atoms with Crippen molar-refractivity contribution in [3.05, 3.63) is 29.8 Å². The molecule has 2 aliphatic rings. The van der Waals surface area contributed by atoms with E-state index in [9.17, 15) is 14.4 Å². The average molecular weight is 358 g/mol. The number of amides is 2. The van der Waals surface area contributed by atoms with Gasteiger partial charge < -0.3 is 14.5 Å². The fourth-order valence-electron chi connectivity index (χ4n) is 3.78. The molecule has 1 aliphatic heterocycles. The van der Waals surface area contributed by atoms with E-state index in [0.717, 1.165) is 25.7 Å². The first-order valence-corrected chi connectivity index (χ1v) is 9.41. The van der Waals surface area contributed by atoms with Crippen LogP contribution in [0.25, 0.3) is 0 Å². The van der Waals surface area contributed by atoms with Gasteiger partial charge in [0, 0.05) is 44.6 Å². The summed E-state index contributed by atoms with van der Waals surface area (Å²) < 4.78 is 5.05. The molecular formula is C20H26N2O4. The molecule has 3 rings (SSSR count). The molecule has 2 fully saturated rings. The predicted octanol–water partition coefficient (Wildman–Crippen LogP) is 2.48. The Hall–Kier alpha value is -2.37. The molecule has 26 heavy (non-hydrogen) atoms. The minimum absolute atomic E-state index is 0.0937. The Kier molecular flexibility index (Phi) is 5.91. The van der Waals surface area contributed by atoms with Gasteiger partial charge in [0.1, 0.15) is 5.75 Å². The first-order chi connectivity index (χ1) is 12.5. The third kappa shape index (κ3) is 4.42. The van der Waals surface area contributed by atoms with Gasteiger partial charge in [-0.1, -0.05) is 25.3 Å². The maximum Gasteiger partial charge on any atom is 0.308 e. The lowest BCUT2D eigenvalue weighted by Gasteiger charge is -2.37. The lowest BCUT2D eigenvalue weighted by atomic mass is 9.88. The van der Waals surface area contributed by atoms with Crippen molar-refractivity contribution in [2.75, 3.05) is 26.2 Å². The summed E-state index contributed by atoms with van der Waals surface area (Å²) >= 11 is 0. The van der Waals surface area contributed by atoms with Crippen molar-refractivity contribution >= 4 is 17.8 Å². The molecule has 6 heteroatoms. The fourth-order valence-corrected chi connectivity index (χ4v) is 3.78. The zero-order valence-corrected chi connectivity index (χ0v) is 15.3. The number of carbonyl (C=O) groups is 3. The largest absolute Gasteiger partial charge is 0.427 e. The van der Waals surface area contributed by atoms with Crippen molar-refractivity contribution in [1.82, 2.24) is 9.80 Å². The van der Waals surface area contributed by atoms with Crippen LogP contribution in [-0.2, 0) is 9.59 Å². The number of hydrogen-bond donors (Lipinski definition) is 0. The fraction of sp³-hybridized carbons (Fsp3) is 0.550. The second-order valence-electron chi connectivity index (χ2n) is 7.07. The molecule has 1 aromatic carbocycles. The first-order valence-electron chi connectivity index (χ1n) is 9.41. The maximum atomic E-state index is 12.7. The molecule has 0 atom stereocenters. The van der Waals surface area contributed by atoms with Gasteiger partial charge in [-0.05, 0) is 31.0 Å². The van der Waals surface area contributed by atoms with Crippen molar-refractivity contribution in [2.45, 2.75) is 39.0 Å². The van der Waals surface area contributed by atoms with E-state index in [-0.39, 0.29) is 17.7 Å². The van der Waals surface area contributed by atoms with Gasteiger partial charge in [-0.3, -0.25) is 14.4 Å². The van der Waals surface area contributed by atoms with Crippen molar-refractivity contribution in [3.63, 3.8) is 0 Å². The van der Waals surface area contributed by atoms with Gasteiger partial charge in [-0.15, -0.1) is 0 Å². The highest BCUT2D eigenvalue weighted by Gasteiger charge is 2.30. The Labute approximate surface area is 154 Å². The molecule has 1 saturated heterocycles. The van der Waals surface area contributed by atoms with E-state index in [2.05, 4.69) is 0 Å². The smallest absolute Gasteiger partial charge is 0.308 e.